The molecule has 0 saturated carbocycles. The molecule has 12 heteroatoms. The quantitative estimate of drug-likeness (QED) is 0.549. The van der Waals surface area contributed by atoms with Gasteiger partial charge >= 0.3 is 0 Å². The Labute approximate surface area is 162 Å². The Morgan fingerprint density at radius 3 is 1.04 bits per heavy atom. The van der Waals surface area contributed by atoms with Crippen molar-refractivity contribution in [3.63, 3.8) is 0 Å². The fraction of sp³-hybridized carbons (Fsp3) is 1.00. The third-order valence-corrected chi connectivity index (χ3v) is 14.8. The monoisotopic (exact) mass is 438 g/mol. The Hall–Kier alpha value is 0.450. The van der Waals surface area contributed by atoms with E-state index in [1.807, 2.05) is 0 Å². The van der Waals surface area contributed by atoms with E-state index in [9.17, 15) is 0 Å². The van der Waals surface area contributed by atoms with E-state index >= 15 is 0 Å². The Bertz CT molecular complexity index is 652. The van der Waals surface area contributed by atoms with Gasteiger partial charge < -0.3 is 13.6 Å². The molecule has 0 aromatic rings. The number of nitrogens with zero attached hydrogens (tertiary/aromatic N) is 3. The van der Waals surface area contributed by atoms with Crippen LogP contribution in [0, 0.1) is 17.8 Å². The molecule has 3 spiro atoms. The molecule has 4 rings (SSSR count). The topological polar surface area (TPSA) is 101 Å². The van der Waals surface area contributed by atoms with Crippen LogP contribution in [0.15, 0.2) is 13.5 Å². The van der Waals surface area contributed by atoms with Crippen molar-refractivity contribution in [3.8, 4) is 0 Å². The van der Waals surface area contributed by atoms with E-state index in [0.29, 0.717) is 37.6 Å². The van der Waals surface area contributed by atoms with Crippen molar-refractivity contribution in [3.05, 3.63) is 0 Å². The second-order valence-corrected chi connectivity index (χ2v) is 15.7. The molecule has 27 heavy (non-hydrogen) atoms. The van der Waals surface area contributed by atoms with E-state index in [-0.39, 0.29) is 18.1 Å². The molecule has 0 aliphatic carbocycles. The summed E-state index contributed by atoms with van der Waals surface area (Å²) in [4.78, 5) is 0. The standard InChI is InChI=1S/C15H33N6O3P3/c1-10(2)13-7-22-25(16-13)19-26(17-14(8-23-26)11(3)4)21-27(20-25)18-15(9-24-27)12(5)6/h10-18H,7-9H2,1-6H3. The molecular formula is C15H33N6O3P3. The van der Waals surface area contributed by atoms with Crippen LogP contribution in [-0.4, -0.2) is 37.9 Å². The maximum absolute atomic E-state index is 6.24. The van der Waals surface area contributed by atoms with Gasteiger partial charge in [-0.2, -0.15) is 13.5 Å². The highest BCUT2D eigenvalue weighted by molar-refractivity contribution is 7.81. The van der Waals surface area contributed by atoms with Crippen molar-refractivity contribution in [2.75, 3.05) is 19.8 Å². The summed E-state index contributed by atoms with van der Waals surface area (Å²) in [6, 6.07) is 0.697. The van der Waals surface area contributed by atoms with Crippen LogP contribution >= 0.6 is 22.7 Å². The van der Waals surface area contributed by atoms with Gasteiger partial charge in [-0.1, -0.05) is 41.5 Å². The first-order valence-electron chi connectivity index (χ1n) is 9.84. The van der Waals surface area contributed by atoms with Crippen LogP contribution in [0.2, 0.25) is 0 Å². The molecular weight excluding hydrogens is 405 g/mol. The summed E-state index contributed by atoms with van der Waals surface area (Å²) in [6.45, 7) is 14.9. The number of rotatable bonds is 3. The maximum atomic E-state index is 6.24. The smallest absolute Gasteiger partial charge is 0.281 e. The van der Waals surface area contributed by atoms with Gasteiger partial charge in [0.15, 0.2) is 0 Å². The molecule has 0 amide bonds. The SMILES string of the molecule is CC(C)C1COP2(=NP3(=NP4(=N2)NC(C(C)C)CO4)NC(C(C)C)CO3)N1. The van der Waals surface area contributed by atoms with E-state index in [0.717, 1.165) is 0 Å². The van der Waals surface area contributed by atoms with Gasteiger partial charge in [0.2, 0.25) is 0 Å². The summed E-state index contributed by atoms with van der Waals surface area (Å²) >= 11 is 0. The van der Waals surface area contributed by atoms with Gasteiger partial charge in [-0.25, -0.2) is 15.3 Å². The van der Waals surface area contributed by atoms with Crippen molar-refractivity contribution in [2.45, 2.75) is 59.7 Å². The molecule has 156 valence electrons. The van der Waals surface area contributed by atoms with E-state index in [4.69, 9.17) is 27.1 Å². The first-order valence-corrected chi connectivity index (χ1v) is 14.7. The highest BCUT2D eigenvalue weighted by Crippen LogP contribution is 2.78. The molecule has 4 aliphatic heterocycles. The Morgan fingerprint density at radius 1 is 0.593 bits per heavy atom. The van der Waals surface area contributed by atoms with E-state index in [2.05, 4.69) is 56.8 Å². The first kappa shape index (κ1) is 20.7. The molecule has 3 N–H and O–H groups in total. The van der Waals surface area contributed by atoms with Gasteiger partial charge in [0.05, 0.1) is 19.8 Å². The lowest BCUT2D eigenvalue weighted by molar-refractivity contribution is 0.314. The molecule has 3 saturated heterocycles. The molecule has 0 bridgehead atoms. The number of hydrogen-bond donors (Lipinski definition) is 3. The minimum absolute atomic E-state index is 0.232. The lowest BCUT2D eigenvalue weighted by Crippen LogP contribution is -2.29. The maximum Gasteiger partial charge on any atom is 0.281 e. The number of nitrogens with one attached hydrogen (secondary N) is 3. The first-order chi connectivity index (χ1) is 12.7. The van der Waals surface area contributed by atoms with E-state index in [1.54, 1.807) is 0 Å². The van der Waals surface area contributed by atoms with Crippen LogP contribution in [0.1, 0.15) is 41.5 Å². The molecule has 0 radical (unpaired) electrons. The van der Waals surface area contributed by atoms with E-state index in [1.165, 1.54) is 0 Å². The summed E-state index contributed by atoms with van der Waals surface area (Å²) in [6.07, 6.45) is 0. The van der Waals surface area contributed by atoms with Crippen molar-refractivity contribution in [1.29, 1.82) is 0 Å². The third-order valence-electron chi connectivity index (χ3n) is 5.45. The van der Waals surface area contributed by atoms with Crippen LogP contribution in [-0.2, 0) is 13.6 Å². The average Bonchev–Trinajstić information content (AvgIpc) is 3.26. The van der Waals surface area contributed by atoms with Crippen molar-refractivity contribution < 1.29 is 13.6 Å². The highest BCUT2D eigenvalue weighted by atomic mass is 31.3. The normalized spacial score (nSPS) is 46.8. The highest BCUT2D eigenvalue weighted by Gasteiger charge is 2.49. The zero-order valence-corrected chi connectivity index (χ0v) is 19.7. The van der Waals surface area contributed by atoms with E-state index < -0.39 is 22.7 Å². The lowest BCUT2D eigenvalue weighted by atomic mass is 10.1. The van der Waals surface area contributed by atoms with Crippen LogP contribution in [0.3, 0.4) is 0 Å². The Kier molecular flexibility index (Phi) is 5.60. The summed E-state index contributed by atoms with van der Waals surface area (Å²) in [5.74, 6) is 1.33. The Balaban J connectivity index is 1.77. The van der Waals surface area contributed by atoms with Crippen LogP contribution < -0.4 is 15.3 Å². The second kappa shape index (κ2) is 7.30. The van der Waals surface area contributed by atoms with Crippen LogP contribution in [0.4, 0.5) is 0 Å². The van der Waals surface area contributed by atoms with Gasteiger partial charge in [0.1, 0.15) is 0 Å². The molecule has 3 atom stereocenters. The largest absolute Gasteiger partial charge is 0.314 e. The fourth-order valence-electron chi connectivity index (χ4n) is 3.31. The lowest BCUT2D eigenvalue weighted by Gasteiger charge is -2.29. The molecule has 3 unspecified atom stereocenters. The molecule has 3 fully saturated rings. The zero-order chi connectivity index (χ0) is 19.4. The van der Waals surface area contributed by atoms with Gasteiger partial charge in [-0.05, 0) is 17.8 Å². The fourth-order valence-corrected chi connectivity index (χ4v) is 14.9. The molecule has 4 heterocycles. The van der Waals surface area contributed by atoms with Crippen molar-refractivity contribution in [2.24, 2.45) is 31.3 Å². The summed E-state index contributed by atoms with van der Waals surface area (Å²) in [7, 11) is -7.69. The number of hydrogen-bond acceptors (Lipinski definition) is 9. The minimum atomic E-state index is -2.56. The van der Waals surface area contributed by atoms with Crippen molar-refractivity contribution >= 4 is 22.7 Å². The predicted molar refractivity (Wildman–Crippen MR) is 111 cm³/mol. The average molecular weight is 438 g/mol. The predicted octanol–water partition coefficient (Wildman–Crippen LogP) is 4.77. The summed E-state index contributed by atoms with van der Waals surface area (Å²) in [5.41, 5.74) is 0. The summed E-state index contributed by atoms with van der Waals surface area (Å²) in [5, 5.41) is 10.8. The van der Waals surface area contributed by atoms with Gasteiger partial charge in [0, 0.05) is 18.1 Å². The van der Waals surface area contributed by atoms with Crippen LogP contribution in [0.25, 0.3) is 0 Å². The van der Waals surface area contributed by atoms with Crippen molar-refractivity contribution in [1.82, 2.24) is 15.3 Å². The minimum Gasteiger partial charge on any atom is -0.314 e. The molecule has 0 aromatic carbocycles. The van der Waals surface area contributed by atoms with Crippen LogP contribution in [0.5, 0.6) is 0 Å². The second-order valence-electron chi connectivity index (χ2n) is 8.73. The Morgan fingerprint density at radius 2 is 0.852 bits per heavy atom. The van der Waals surface area contributed by atoms with Gasteiger partial charge in [-0.15, -0.1) is 0 Å². The molecule has 4 aliphatic rings. The van der Waals surface area contributed by atoms with Gasteiger partial charge in [0.25, 0.3) is 22.7 Å². The molecule has 9 nitrogen and oxygen atoms in total. The zero-order valence-electron chi connectivity index (χ0n) is 17.0. The molecule has 0 aromatic heterocycles. The van der Waals surface area contributed by atoms with Gasteiger partial charge in [-0.3, -0.25) is 0 Å². The third kappa shape index (κ3) is 3.93. The summed E-state index contributed by atoms with van der Waals surface area (Å²) < 4.78 is 33.8.